The number of fused-ring (bicyclic) bond motifs is 1. The van der Waals surface area contributed by atoms with Crippen LogP contribution in [0, 0.1) is 13.8 Å². The maximum Gasteiger partial charge on any atom is 0.127 e. The fourth-order valence-corrected chi connectivity index (χ4v) is 2.78. The lowest BCUT2D eigenvalue weighted by atomic mass is 10.0. The summed E-state index contributed by atoms with van der Waals surface area (Å²) in [5.74, 6) is 0.877. The Kier molecular flexibility index (Phi) is 4.63. The normalized spacial score (nSPS) is 12.3. The molecule has 23 heavy (non-hydrogen) atoms. The molecule has 0 bridgehead atoms. The third-order valence-corrected chi connectivity index (χ3v) is 4.21. The Hall–Kier alpha value is -2.32. The van der Waals surface area contributed by atoms with Crippen molar-refractivity contribution in [1.82, 2.24) is 0 Å². The van der Waals surface area contributed by atoms with Crippen molar-refractivity contribution in [1.29, 1.82) is 0 Å². The first-order valence-electron chi connectivity index (χ1n) is 8.01. The van der Waals surface area contributed by atoms with Gasteiger partial charge in [-0.2, -0.15) is 0 Å². The number of hydrogen-bond donors (Lipinski definition) is 1. The molecule has 1 atom stereocenters. The Labute approximate surface area is 137 Å². The Morgan fingerprint density at radius 1 is 0.870 bits per heavy atom. The number of aliphatic hydroxyl groups is 1. The van der Waals surface area contributed by atoms with E-state index in [4.69, 9.17) is 4.74 Å². The number of hydrogen-bond acceptors (Lipinski definition) is 2. The Balaban J connectivity index is 1.67. The SMILES string of the molecule is Cc1ccc(C(O)CCOc2ccc(C)c3ccccc23)cc1. The number of benzene rings is 3. The average Bonchev–Trinajstić information content (AvgIpc) is 2.58. The molecule has 0 saturated carbocycles. The zero-order chi connectivity index (χ0) is 16.2. The third kappa shape index (κ3) is 3.54. The molecule has 0 amide bonds. The van der Waals surface area contributed by atoms with Gasteiger partial charge in [0.2, 0.25) is 0 Å². The maximum atomic E-state index is 10.3. The van der Waals surface area contributed by atoms with Crippen LogP contribution in [0.15, 0.2) is 60.7 Å². The van der Waals surface area contributed by atoms with Crippen LogP contribution in [0.2, 0.25) is 0 Å². The fourth-order valence-electron chi connectivity index (χ4n) is 2.78. The van der Waals surface area contributed by atoms with Gasteiger partial charge in [-0.1, -0.05) is 60.2 Å². The first-order valence-corrected chi connectivity index (χ1v) is 8.01. The van der Waals surface area contributed by atoms with Gasteiger partial charge in [-0.05, 0) is 36.4 Å². The molecule has 0 spiro atoms. The largest absolute Gasteiger partial charge is 0.493 e. The molecular weight excluding hydrogens is 284 g/mol. The molecule has 3 aromatic carbocycles. The predicted octanol–water partition coefficient (Wildman–Crippen LogP) is 4.96. The van der Waals surface area contributed by atoms with Crippen LogP contribution in [0.25, 0.3) is 10.8 Å². The van der Waals surface area contributed by atoms with Gasteiger partial charge in [0.1, 0.15) is 5.75 Å². The molecule has 0 aliphatic rings. The van der Waals surface area contributed by atoms with Crippen LogP contribution in [0.1, 0.15) is 29.2 Å². The van der Waals surface area contributed by atoms with Gasteiger partial charge in [0.15, 0.2) is 0 Å². The highest BCUT2D eigenvalue weighted by Crippen LogP contribution is 2.28. The minimum Gasteiger partial charge on any atom is -0.493 e. The van der Waals surface area contributed by atoms with E-state index in [9.17, 15) is 5.11 Å². The van der Waals surface area contributed by atoms with Crippen LogP contribution in [-0.4, -0.2) is 11.7 Å². The van der Waals surface area contributed by atoms with Crippen molar-refractivity contribution in [2.75, 3.05) is 6.61 Å². The van der Waals surface area contributed by atoms with Gasteiger partial charge in [0.25, 0.3) is 0 Å². The van der Waals surface area contributed by atoms with Crippen LogP contribution >= 0.6 is 0 Å². The van der Waals surface area contributed by atoms with Gasteiger partial charge in [-0.15, -0.1) is 0 Å². The molecule has 1 unspecified atom stereocenters. The molecule has 0 aliphatic heterocycles. The second-order valence-electron chi connectivity index (χ2n) is 5.99. The van der Waals surface area contributed by atoms with Crippen molar-refractivity contribution in [2.45, 2.75) is 26.4 Å². The molecule has 0 heterocycles. The summed E-state index contributed by atoms with van der Waals surface area (Å²) < 4.78 is 5.93. The van der Waals surface area contributed by atoms with E-state index in [1.165, 1.54) is 16.5 Å². The summed E-state index contributed by atoms with van der Waals surface area (Å²) in [7, 11) is 0. The average molecular weight is 306 g/mol. The number of rotatable bonds is 5. The fraction of sp³-hybridized carbons (Fsp3) is 0.238. The molecule has 1 N–H and O–H groups in total. The van der Waals surface area contributed by atoms with E-state index in [-0.39, 0.29) is 0 Å². The van der Waals surface area contributed by atoms with E-state index >= 15 is 0 Å². The van der Waals surface area contributed by atoms with Crippen LogP contribution in [-0.2, 0) is 0 Å². The van der Waals surface area contributed by atoms with Crippen molar-refractivity contribution in [2.24, 2.45) is 0 Å². The quantitative estimate of drug-likeness (QED) is 0.722. The van der Waals surface area contributed by atoms with Gasteiger partial charge in [0.05, 0.1) is 12.7 Å². The number of aliphatic hydroxyl groups excluding tert-OH is 1. The second kappa shape index (κ2) is 6.84. The van der Waals surface area contributed by atoms with Crippen LogP contribution in [0.3, 0.4) is 0 Å². The zero-order valence-electron chi connectivity index (χ0n) is 13.6. The second-order valence-corrected chi connectivity index (χ2v) is 5.99. The zero-order valence-corrected chi connectivity index (χ0v) is 13.6. The van der Waals surface area contributed by atoms with Gasteiger partial charge in [0, 0.05) is 11.8 Å². The molecule has 3 rings (SSSR count). The predicted molar refractivity (Wildman–Crippen MR) is 94.9 cm³/mol. The highest BCUT2D eigenvalue weighted by molar-refractivity contribution is 5.90. The molecule has 0 aromatic heterocycles. The molecule has 3 aromatic rings. The van der Waals surface area contributed by atoms with Gasteiger partial charge < -0.3 is 9.84 Å². The van der Waals surface area contributed by atoms with Crippen molar-refractivity contribution < 1.29 is 9.84 Å². The Morgan fingerprint density at radius 3 is 2.30 bits per heavy atom. The topological polar surface area (TPSA) is 29.5 Å². The summed E-state index contributed by atoms with van der Waals surface area (Å²) in [6.07, 6.45) is 0.0814. The Morgan fingerprint density at radius 2 is 1.57 bits per heavy atom. The molecule has 2 heteroatoms. The lowest BCUT2D eigenvalue weighted by molar-refractivity contribution is 0.141. The van der Waals surface area contributed by atoms with Crippen LogP contribution in [0.5, 0.6) is 5.75 Å². The van der Waals surface area contributed by atoms with Gasteiger partial charge >= 0.3 is 0 Å². The first-order chi connectivity index (χ1) is 11.1. The minimum absolute atomic E-state index is 0.488. The smallest absolute Gasteiger partial charge is 0.127 e. The number of ether oxygens (including phenoxy) is 1. The van der Waals surface area contributed by atoms with E-state index in [2.05, 4.69) is 25.1 Å². The summed E-state index contributed by atoms with van der Waals surface area (Å²) in [5.41, 5.74) is 3.38. The highest BCUT2D eigenvalue weighted by Gasteiger charge is 2.09. The van der Waals surface area contributed by atoms with E-state index < -0.39 is 6.10 Å². The van der Waals surface area contributed by atoms with E-state index in [1.54, 1.807) is 0 Å². The maximum absolute atomic E-state index is 10.3. The monoisotopic (exact) mass is 306 g/mol. The summed E-state index contributed by atoms with van der Waals surface area (Å²) in [6, 6.07) is 20.3. The van der Waals surface area contributed by atoms with Crippen molar-refractivity contribution in [3.05, 3.63) is 77.4 Å². The van der Waals surface area contributed by atoms with E-state index in [1.807, 2.05) is 49.4 Å². The molecule has 2 nitrogen and oxygen atoms in total. The minimum atomic E-state index is -0.493. The number of aryl methyl sites for hydroxylation is 2. The van der Waals surface area contributed by atoms with Crippen LogP contribution < -0.4 is 4.74 Å². The van der Waals surface area contributed by atoms with Crippen molar-refractivity contribution in [3.8, 4) is 5.75 Å². The highest BCUT2D eigenvalue weighted by atomic mass is 16.5. The molecular formula is C21H22O2. The molecule has 0 radical (unpaired) electrons. The van der Waals surface area contributed by atoms with Crippen molar-refractivity contribution in [3.63, 3.8) is 0 Å². The van der Waals surface area contributed by atoms with E-state index in [0.717, 1.165) is 16.7 Å². The summed E-state index contributed by atoms with van der Waals surface area (Å²) >= 11 is 0. The van der Waals surface area contributed by atoms with E-state index in [0.29, 0.717) is 13.0 Å². The first kappa shape index (κ1) is 15.6. The third-order valence-electron chi connectivity index (χ3n) is 4.21. The molecule has 118 valence electrons. The summed E-state index contributed by atoms with van der Waals surface area (Å²) in [6.45, 7) is 4.64. The van der Waals surface area contributed by atoms with Crippen molar-refractivity contribution >= 4 is 10.8 Å². The molecule has 0 fully saturated rings. The lowest BCUT2D eigenvalue weighted by Crippen LogP contribution is -2.05. The molecule has 0 aliphatic carbocycles. The summed E-state index contributed by atoms with van der Waals surface area (Å²) in [5, 5.41) is 12.6. The lowest BCUT2D eigenvalue weighted by Gasteiger charge is -2.14. The molecule has 0 saturated heterocycles. The Bertz CT molecular complexity index is 791. The summed E-state index contributed by atoms with van der Waals surface area (Å²) in [4.78, 5) is 0. The van der Waals surface area contributed by atoms with Gasteiger partial charge in [-0.25, -0.2) is 0 Å². The van der Waals surface area contributed by atoms with Gasteiger partial charge in [-0.3, -0.25) is 0 Å². The van der Waals surface area contributed by atoms with Crippen LogP contribution in [0.4, 0.5) is 0 Å². The standard InChI is InChI=1S/C21H22O2/c1-15-7-10-17(11-8-15)20(22)13-14-23-21-12-9-16(2)18-5-3-4-6-19(18)21/h3-12,20,22H,13-14H2,1-2H3.